The number of carbonyl (C=O) groups excluding carboxylic acids is 2. The first kappa shape index (κ1) is 17.2. The van der Waals surface area contributed by atoms with Gasteiger partial charge in [0.25, 0.3) is 5.91 Å². The van der Waals surface area contributed by atoms with E-state index >= 15 is 0 Å². The summed E-state index contributed by atoms with van der Waals surface area (Å²) in [6.07, 6.45) is 1.58. The van der Waals surface area contributed by atoms with Crippen LogP contribution in [0.15, 0.2) is 71.3 Å². The first-order valence-electron chi connectivity index (χ1n) is 8.42. The number of hydrogen-bond donors (Lipinski definition) is 0. The molecular weight excluding hydrogens is 360 g/mol. The van der Waals surface area contributed by atoms with Crippen LogP contribution in [0.4, 0.5) is 5.13 Å². The van der Waals surface area contributed by atoms with Crippen molar-refractivity contribution in [2.75, 3.05) is 4.90 Å². The first-order chi connectivity index (χ1) is 13.1. The number of carbonyl (C=O) groups is 2. The summed E-state index contributed by atoms with van der Waals surface area (Å²) in [6.45, 7) is 1.78. The maximum atomic E-state index is 13.2. The number of thiazole rings is 1. The van der Waals surface area contributed by atoms with Crippen molar-refractivity contribution in [3.63, 3.8) is 0 Å². The molecule has 2 heterocycles. The number of hydrogen-bond acceptors (Lipinski definition) is 5. The molecule has 0 N–H and O–H groups in total. The van der Waals surface area contributed by atoms with Crippen molar-refractivity contribution < 1.29 is 14.0 Å². The highest BCUT2D eigenvalue weighted by atomic mass is 32.1. The van der Waals surface area contributed by atoms with Gasteiger partial charge in [0.1, 0.15) is 5.76 Å². The van der Waals surface area contributed by atoms with Gasteiger partial charge in [-0.15, -0.1) is 0 Å². The number of para-hydroxylation sites is 1. The largest absolute Gasteiger partial charge is 0.467 e. The van der Waals surface area contributed by atoms with E-state index in [4.69, 9.17) is 4.42 Å². The molecular formula is C21H16N2O3S. The highest BCUT2D eigenvalue weighted by Gasteiger charge is 2.22. The SMILES string of the molecule is CC(=O)c1ccc(C(=O)N(Cc2ccco2)c2nc3ccccc3s2)cc1. The lowest BCUT2D eigenvalue weighted by Gasteiger charge is -2.19. The Kier molecular flexibility index (Phi) is 4.56. The summed E-state index contributed by atoms with van der Waals surface area (Å²) < 4.78 is 6.45. The summed E-state index contributed by atoms with van der Waals surface area (Å²) in [6, 6.07) is 18.1. The van der Waals surface area contributed by atoms with Gasteiger partial charge >= 0.3 is 0 Å². The Morgan fingerprint density at radius 2 is 1.74 bits per heavy atom. The molecule has 0 saturated heterocycles. The minimum Gasteiger partial charge on any atom is -0.467 e. The monoisotopic (exact) mass is 376 g/mol. The van der Waals surface area contributed by atoms with Gasteiger partial charge in [-0.25, -0.2) is 4.98 Å². The number of anilines is 1. The molecule has 0 saturated carbocycles. The molecule has 2 aromatic carbocycles. The lowest BCUT2D eigenvalue weighted by molar-refractivity contribution is 0.0979. The quantitative estimate of drug-likeness (QED) is 0.463. The normalized spacial score (nSPS) is 10.9. The fraction of sp³-hybridized carbons (Fsp3) is 0.0952. The zero-order valence-corrected chi connectivity index (χ0v) is 15.4. The van der Waals surface area contributed by atoms with E-state index in [1.165, 1.54) is 18.3 Å². The molecule has 0 unspecified atom stereocenters. The summed E-state index contributed by atoms with van der Waals surface area (Å²) in [7, 11) is 0. The van der Waals surface area contributed by atoms with E-state index in [1.54, 1.807) is 41.5 Å². The summed E-state index contributed by atoms with van der Waals surface area (Å²) >= 11 is 1.46. The third kappa shape index (κ3) is 3.52. The van der Waals surface area contributed by atoms with Crippen molar-refractivity contribution in [1.29, 1.82) is 0 Å². The zero-order valence-electron chi connectivity index (χ0n) is 14.6. The Balaban J connectivity index is 1.72. The molecule has 4 rings (SSSR count). The van der Waals surface area contributed by atoms with Crippen molar-refractivity contribution in [2.24, 2.45) is 0 Å². The molecule has 0 aliphatic rings. The second-order valence-corrected chi connectivity index (χ2v) is 7.08. The predicted octanol–water partition coefficient (Wildman–Crippen LogP) is 4.94. The number of amides is 1. The molecule has 27 heavy (non-hydrogen) atoms. The van der Waals surface area contributed by atoms with Gasteiger partial charge in [0.05, 0.1) is 23.0 Å². The Hall–Kier alpha value is -3.25. The van der Waals surface area contributed by atoms with Crippen molar-refractivity contribution in [1.82, 2.24) is 4.98 Å². The van der Waals surface area contributed by atoms with Gasteiger partial charge < -0.3 is 4.42 Å². The van der Waals surface area contributed by atoms with Crippen LogP contribution < -0.4 is 4.90 Å². The van der Waals surface area contributed by atoms with E-state index in [2.05, 4.69) is 4.98 Å². The van der Waals surface area contributed by atoms with E-state index in [1.807, 2.05) is 30.3 Å². The minimum absolute atomic E-state index is 0.0346. The Morgan fingerprint density at radius 3 is 2.41 bits per heavy atom. The fourth-order valence-corrected chi connectivity index (χ4v) is 3.73. The molecule has 0 spiro atoms. The fourth-order valence-electron chi connectivity index (χ4n) is 2.76. The van der Waals surface area contributed by atoms with Crippen LogP contribution in [-0.4, -0.2) is 16.7 Å². The lowest BCUT2D eigenvalue weighted by atomic mass is 10.1. The minimum atomic E-state index is -0.194. The third-order valence-corrected chi connectivity index (χ3v) is 5.25. The van der Waals surface area contributed by atoms with Crippen LogP contribution in [0.2, 0.25) is 0 Å². The summed E-state index contributed by atoms with van der Waals surface area (Å²) in [5.74, 6) is 0.441. The predicted molar refractivity (Wildman–Crippen MR) is 105 cm³/mol. The molecule has 0 fully saturated rings. The second-order valence-electron chi connectivity index (χ2n) is 6.07. The highest BCUT2D eigenvalue weighted by molar-refractivity contribution is 7.22. The van der Waals surface area contributed by atoms with Crippen molar-refractivity contribution >= 4 is 38.4 Å². The number of fused-ring (bicyclic) bond motifs is 1. The van der Waals surface area contributed by atoms with Crippen LogP contribution >= 0.6 is 11.3 Å². The van der Waals surface area contributed by atoms with Gasteiger partial charge in [0.2, 0.25) is 0 Å². The summed E-state index contributed by atoms with van der Waals surface area (Å²) in [5.41, 5.74) is 1.91. The van der Waals surface area contributed by atoms with Gasteiger partial charge in [-0.2, -0.15) is 0 Å². The maximum Gasteiger partial charge on any atom is 0.260 e. The van der Waals surface area contributed by atoms with Crippen LogP contribution in [0.25, 0.3) is 10.2 Å². The number of aromatic nitrogens is 1. The van der Waals surface area contributed by atoms with Crippen molar-refractivity contribution in [3.8, 4) is 0 Å². The number of rotatable bonds is 5. The van der Waals surface area contributed by atoms with E-state index in [0.29, 0.717) is 22.0 Å². The van der Waals surface area contributed by atoms with Gasteiger partial charge in [0.15, 0.2) is 10.9 Å². The average Bonchev–Trinajstić information content (AvgIpc) is 3.34. The van der Waals surface area contributed by atoms with Crippen molar-refractivity contribution in [2.45, 2.75) is 13.5 Å². The van der Waals surface area contributed by atoms with Crippen LogP contribution in [0.3, 0.4) is 0 Å². The Bertz CT molecular complexity index is 1070. The molecule has 5 nitrogen and oxygen atoms in total. The number of furan rings is 1. The lowest BCUT2D eigenvalue weighted by Crippen LogP contribution is -2.30. The molecule has 4 aromatic rings. The Morgan fingerprint density at radius 1 is 1.00 bits per heavy atom. The Labute approximate surface area is 159 Å². The number of ketones is 1. The topological polar surface area (TPSA) is 63.4 Å². The van der Waals surface area contributed by atoms with Crippen LogP contribution in [0, 0.1) is 0 Å². The van der Waals surface area contributed by atoms with Gasteiger partial charge in [0, 0.05) is 11.1 Å². The molecule has 0 aliphatic heterocycles. The molecule has 6 heteroatoms. The number of Topliss-reactive ketones (excluding diaryl/α,β-unsaturated/α-hetero) is 1. The van der Waals surface area contributed by atoms with E-state index in [-0.39, 0.29) is 18.2 Å². The third-order valence-electron chi connectivity index (χ3n) is 4.19. The number of nitrogens with zero attached hydrogens (tertiary/aromatic N) is 2. The van der Waals surface area contributed by atoms with Gasteiger partial charge in [-0.3, -0.25) is 14.5 Å². The van der Waals surface area contributed by atoms with Crippen LogP contribution in [0.5, 0.6) is 0 Å². The van der Waals surface area contributed by atoms with Crippen LogP contribution in [0.1, 0.15) is 33.4 Å². The second kappa shape index (κ2) is 7.17. The molecule has 1 amide bonds. The zero-order chi connectivity index (χ0) is 18.8. The smallest absolute Gasteiger partial charge is 0.260 e. The van der Waals surface area contributed by atoms with Gasteiger partial charge in [-0.1, -0.05) is 35.6 Å². The van der Waals surface area contributed by atoms with Crippen LogP contribution in [-0.2, 0) is 6.54 Å². The standard InChI is InChI=1S/C21H16N2O3S/c1-14(24)15-8-10-16(11-9-15)20(25)23(13-17-5-4-12-26-17)21-22-18-6-2-3-7-19(18)27-21/h2-12H,13H2,1H3. The van der Waals surface area contributed by atoms with Gasteiger partial charge in [-0.05, 0) is 43.3 Å². The molecule has 0 atom stereocenters. The molecule has 0 aliphatic carbocycles. The van der Waals surface area contributed by atoms with E-state index in [9.17, 15) is 9.59 Å². The average molecular weight is 376 g/mol. The van der Waals surface area contributed by atoms with E-state index in [0.717, 1.165) is 10.2 Å². The highest BCUT2D eigenvalue weighted by Crippen LogP contribution is 2.30. The molecule has 0 bridgehead atoms. The van der Waals surface area contributed by atoms with Crippen molar-refractivity contribution in [3.05, 3.63) is 83.8 Å². The summed E-state index contributed by atoms with van der Waals surface area (Å²) in [5, 5.41) is 0.605. The molecule has 134 valence electrons. The number of benzene rings is 2. The molecule has 2 aromatic heterocycles. The van der Waals surface area contributed by atoms with E-state index < -0.39 is 0 Å². The summed E-state index contributed by atoms with van der Waals surface area (Å²) in [4.78, 5) is 30.9. The first-order valence-corrected chi connectivity index (χ1v) is 9.24. The molecule has 0 radical (unpaired) electrons. The maximum absolute atomic E-state index is 13.2.